The zero-order valence-electron chi connectivity index (χ0n) is 14.1. The van der Waals surface area contributed by atoms with Crippen molar-refractivity contribution < 1.29 is 4.42 Å². The molecule has 4 heterocycles. The third kappa shape index (κ3) is 3.33. The first-order chi connectivity index (χ1) is 12.6. The molecule has 4 N–H and O–H groups in total. The van der Waals surface area contributed by atoms with Gasteiger partial charge in [-0.25, -0.2) is 4.98 Å². The van der Waals surface area contributed by atoms with Gasteiger partial charge in [0.05, 0.1) is 16.9 Å². The van der Waals surface area contributed by atoms with Gasteiger partial charge < -0.3 is 15.5 Å². The molecule has 4 rings (SSSR count). The number of anilines is 1. The van der Waals surface area contributed by atoms with Crippen molar-refractivity contribution in [2.75, 3.05) is 5.32 Å². The van der Waals surface area contributed by atoms with Crippen LogP contribution in [0.2, 0.25) is 5.15 Å². The summed E-state index contributed by atoms with van der Waals surface area (Å²) in [5, 5.41) is 12.9. The SMILES string of the molecule is C[C@H](N)Cc1oc2c(NCc3cccs3)cc(Cl)nc2c1-c1ccn[nH]1. The molecule has 8 heteroatoms. The number of hydrogen-bond donors (Lipinski definition) is 3. The lowest BCUT2D eigenvalue weighted by Gasteiger charge is -2.06. The van der Waals surface area contributed by atoms with E-state index in [2.05, 4.69) is 31.9 Å². The van der Waals surface area contributed by atoms with Crippen LogP contribution in [0.3, 0.4) is 0 Å². The minimum atomic E-state index is -0.0461. The third-order valence-corrected chi connectivity index (χ3v) is 5.06. The Morgan fingerprint density at radius 1 is 1.42 bits per heavy atom. The lowest BCUT2D eigenvalue weighted by molar-refractivity contribution is 0.527. The van der Waals surface area contributed by atoms with Gasteiger partial charge in [0.2, 0.25) is 0 Å². The lowest BCUT2D eigenvalue weighted by atomic mass is 10.1. The number of H-pyrrole nitrogens is 1. The number of furan rings is 1. The molecule has 134 valence electrons. The summed E-state index contributed by atoms with van der Waals surface area (Å²) in [7, 11) is 0. The Morgan fingerprint density at radius 3 is 3.00 bits per heavy atom. The van der Waals surface area contributed by atoms with Crippen LogP contribution >= 0.6 is 22.9 Å². The molecule has 0 unspecified atom stereocenters. The average Bonchev–Trinajstić information content (AvgIpc) is 3.32. The summed E-state index contributed by atoms with van der Waals surface area (Å²) in [6.07, 6.45) is 2.29. The standard InChI is InChI=1S/C18H18ClN5OS/c1-10(20)7-14-16(12-4-5-22-24-12)17-18(25-14)13(8-15(19)23-17)21-9-11-3-2-6-26-11/h2-6,8,10H,7,9,20H2,1H3,(H,21,23)(H,22,24)/t10-/m0/s1. The number of hydrogen-bond acceptors (Lipinski definition) is 6. The molecule has 26 heavy (non-hydrogen) atoms. The second-order valence-electron chi connectivity index (χ2n) is 6.16. The molecule has 0 aromatic carbocycles. The van der Waals surface area contributed by atoms with Gasteiger partial charge in [0, 0.05) is 36.1 Å². The summed E-state index contributed by atoms with van der Waals surface area (Å²) in [6.45, 7) is 2.64. The average molecular weight is 388 g/mol. The number of nitrogens with zero attached hydrogens (tertiary/aromatic N) is 2. The maximum atomic E-state index is 6.29. The number of aromatic amines is 1. The second kappa shape index (κ2) is 7.11. The van der Waals surface area contributed by atoms with Gasteiger partial charge in [0.15, 0.2) is 5.58 Å². The van der Waals surface area contributed by atoms with E-state index in [0.717, 1.165) is 22.7 Å². The molecule has 0 aliphatic rings. The fourth-order valence-electron chi connectivity index (χ4n) is 2.92. The van der Waals surface area contributed by atoms with E-state index in [9.17, 15) is 0 Å². The largest absolute Gasteiger partial charge is 0.456 e. The van der Waals surface area contributed by atoms with Crippen LogP contribution in [0.15, 0.2) is 40.3 Å². The molecule has 0 radical (unpaired) electrons. The van der Waals surface area contributed by atoms with Crippen LogP contribution in [0.5, 0.6) is 0 Å². The van der Waals surface area contributed by atoms with E-state index in [1.54, 1.807) is 23.6 Å². The molecule has 0 amide bonds. The predicted molar refractivity (Wildman–Crippen MR) is 106 cm³/mol. The maximum Gasteiger partial charge on any atom is 0.176 e. The molecule has 4 aromatic heterocycles. The van der Waals surface area contributed by atoms with E-state index in [0.29, 0.717) is 29.2 Å². The Morgan fingerprint density at radius 2 is 2.31 bits per heavy atom. The molecule has 0 aliphatic carbocycles. The highest BCUT2D eigenvalue weighted by Crippen LogP contribution is 2.38. The van der Waals surface area contributed by atoms with Gasteiger partial charge in [-0.15, -0.1) is 11.3 Å². The van der Waals surface area contributed by atoms with Crippen LogP contribution in [0, 0.1) is 0 Å². The maximum absolute atomic E-state index is 6.29. The van der Waals surface area contributed by atoms with E-state index in [1.807, 2.05) is 19.1 Å². The highest BCUT2D eigenvalue weighted by Gasteiger charge is 2.22. The van der Waals surface area contributed by atoms with Crippen LogP contribution < -0.4 is 11.1 Å². The highest BCUT2D eigenvalue weighted by molar-refractivity contribution is 7.09. The van der Waals surface area contributed by atoms with Crippen molar-refractivity contribution in [2.45, 2.75) is 25.9 Å². The first-order valence-electron chi connectivity index (χ1n) is 8.25. The molecule has 0 saturated heterocycles. The summed E-state index contributed by atoms with van der Waals surface area (Å²) in [5.41, 5.74) is 9.89. The first kappa shape index (κ1) is 17.1. The van der Waals surface area contributed by atoms with Gasteiger partial charge in [0.25, 0.3) is 0 Å². The molecular formula is C18H18ClN5OS. The smallest absolute Gasteiger partial charge is 0.176 e. The van der Waals surface area contributed by atoms with Crippen molar-refractivity contribution in [1.29, 1.82) is 0 Å². The highest BCUT2D eigenvalue weighted by atomic mass is 35.5. The summed E-state index contributed by atoms with van der Waals surface area (Å²) in [6, 6.07) is 7.73. The number of pyridine rings is 1. The molecule has 0 aliphatic heterocycles. The first-order valence-corrected chi connectivity index (χ1v) is 9.51. The Labute approximate surface area is 159 Å². The Balaban J connectivity index is 1.83. The number of fused-ring (bicyclic) bond motifs is 1. The van der Waals surface area contributed by atoms with Crippen molar-refractivity contribution in [3.63, 3.8) is 0 Å². The topological polar surface area (TPSA) is 92.8 Å². The summed E-state index contributed by atoms with van der Waals surface area (Å²) in [4.78, 5) is 5.74. The molecule has 6 nitrogen and oxygen atoms in total. The van der Waals surface area contributed by atoms with Gasteiger partial charge in [-0.2, -0.15) is 5.10 Å². The second-order valence-corrected chi connectivity index (χ2v) is 7.57. The zero-order valence-corrected chi connectivity index (χ0v) is 15.7. The Bertz CT molecular complexity index is 1010. The monoisotopic (exact) mass is 387 g/mol. The number of aromatic nitrogens is 3. The van der Waals surface area contributed by atoms with E-state index < -0.39 is 0 Å². The van der Waals surface area contributed by atoms with E-state index in [-0.39, 0.29) is 6.04 Å². The molecule has 0 spiro atoms. The molecule has 4 aromatic rings. The normalized spacial score (nSPS) is 12.6. The van der Waals surface area contributed by atoms with Crippen LogP contribution in [0.25, 0.3) is 22.4 Å². The summed E-state index contributed by atoms with van der Waals surface area (Å²) < 4.78 is 6.18. The Kier molecular flexibility index (Phi) is 4.67. The van der Waals surface area contributed by atoms with Gasteiger partial charge in [0.1, 0.15) is 16.4 Å². The van der Waals surface area contributed by atoms with Crippen LogP contribution in [-0.4, -0.2) is 21.2 Å². The van der Waals surface area contributed by atoms with Crippen molar-refractivity contribution >= 4 is 39.7 Å². The van der Waals surface area contributed by atoms with Crippen molar-refractivity contribution in [1.82, 2.24) is 15.2 Å². The number of nitrogens with two attached hydrogens (primary N) is 1. The molecule has 1 atom stereocenters. The number of halogens is 1. The van der Waals surface area contributed by atoms with Gasteiger partial charge in [-0.1, -0.05) is 17.7 Å². The number of thiophene rings is 1. The zero-order chi connectivity index (χ0) is 18.1. The summed E-state index contributed by atoms with van der Waals surface area (Å²) >= 11 is 7.99. The van der Waals surface area contributed by atoms with Crippen molar-refractivity contribution in [2.24, 2.45) is 5.73 Å². The van der Waals surface area contributed by atoms with Gasteiger partial charge in [-0.05, 0) is 24.4 Å². The number of nitrogens with one attached hydrogen (secondary N) is 2. The lowest BCUT2D eigenvalue weighted by Crippen LogP contribution is -2.17. The van der Waals surface area contributed by atoms with E-state index in [4.69, 9.17) is 21.8 Å². The third-order valence-electron chi connectivity index (χ3n) is 3.99. The Hall–Kier alpha value is -2.35. The van der Waals surface area contributed by atoms with E-state index in [1.165, 1.54) is 4.88 Å². The fourth-order valence-corrected chi connectivity index (χ4v) is 3.76. The van der Waals surface area contributed by atoms with Crippen molar-refractivity contribution in [3.05, 3.63) is 51.6 Å². The summed E-state index contributed by atoms with van der Waals surface area (Å²) in [5.74, 6) is 0.771. The fraction of sp³-hybridized carbons (Fsp3) is 0.222. The minimum Gasteiger partial charge on any atom is -0.456 e. The minimum absolute atomic E-state index is 0.0461. The molecule has 0 fully saturated rings. The van der Waals surface area contributed by atoms with Crippen LogP contribution in [0.4, 0.5) is 5.69 Å². The van der Waals surface area contributed by atoms with Crippen molar-refractivity contribution in [3.8, 4) is 11.3 Å². The quantitative estimate of drug-likeness (QED) is 0.425. The van der Waals surface area contributed by atoms with Gasteiger partial charge >= 0.3 is 0 Å². The molecule has 0 bridgehead atoms. The number of rotatable bonds is 6. The molecular weight excluding hydrogens is 370 g/mol. The molecule has 0 saturated carbocycles. The van der Waals surface area contributed by atoms with Gasteiger partial charge in [-0.3, -0.25) is 5.10 Å². The predicted octanol–water partition coefficient (Wildman–Crippen LogP) is 4.43. The van der Waals surface area contributed by atoms with E-state index >= 15 is 0 Å². The van der Waals surface area contributed by atoms with Crippen LogP contribution in [0.1, 0.15) is 17.6 Å². The van der Waals surface area contributed by atoms with Crippen LogP contribution in [-0.2, 0) is 13.0 Å².